The SMILES string of the molecule is C[C@@H](c1ccccc1)N(C)C[C@@H]1C[C@H](c2ccc(CO)cc2)O[C@H](c2ccc(-c3ccccc3CNC(=O)C(Cl)(Cl)Cl)cc2)O1. The van der Waals surface area contributed by atoms with Crippen LogP contribution in [0.25, 0.3) is 11.1 Å². The van der Waals surface area contributed by atoms with Crippen LogP contribution in [0.5, 0.6) is 0 Å². The van der Waals surface area contributed by atoms with E-state index in [4.69, 9.17) is 44.3 Å². The minimum absolute atomic E-state index is 0.00289. The van der Waals surface area contributed by atoms with Crippen LogP contribution in [0, 0.1) is 0 Å². The maximum absolute atomic E-state index is 12.1. The Hall–Kier alpha value is -2.94. The smallest absolute Gasteiger partial charge is 0.272 e. The molecule has 4 atom stereocenters. The fourth-order valence-electron chi connectivity index (χ4n) is 5.55. The van der Waals surface area contributed by atoms with Gasteiger partial charge in [0.05, 0.1) is 18.8 Å². The molecule has 5 rings (SSSR count). The summed E-state index contributed by atoms with van der Waals surface area (Å²) in [5.74, 6) is -0.678. The highest BCUT2D eigenvalue weighted by Gasteiger charge is 2.34. The van der Waals surface area contributed by atoms with E-state index in [-0.39, 0.29) is 31.4 Å². The van der Waals surface area contributed by atoms with Crippen LogP contribution in [0.3, 0.4) is 0 Å². The van der Waals surface area contributed by atoms with Crippen LogP contribution >= 0.6 is 34.8 Å². The van der Waals surface area contributed by atoms with Crippen LogP contribution < -0.4 is 5.32 Å². The summed E-state index contributed by atoms with van der Waals surface area (Å²) >= 11 is 17.2. The molecule has 0 aromatic heterocycles. The van der Waals surface area contributed by atoms with Crippen molar-refractivity contribution in [3.63, 3.8) is 0 Å². The third-order valence-electron chi connectivity index (χ3n) is 8.26. The fourth-order valence-corrected chi connectivity index (χ4v) is 5.75. The zero-order valence-corrected chi connectivity index (χ0v) is 27.5. The maximum atomic E-state index is 12.1. The van der Waals surface area contributed by atoms with Crippen LogP contribution in [0.1, 0.15) is 59.6 Å². The lowest BCUT2D eigenvalue weighted by Gasteiger charge is -2.39. The van der Waals surface area contributed by atoms with Gasteiger partial charge in [-0.25, -0.2) is 0 Å². The topological polar surface area (TPSA) is 71.0 Å². The summed E-state index contributed by atoms with van der Waals surface area (Å²) < 4.78 is 11.1. The van der Waals surface area contributed by atoms with E-state index in [1.165, 1.54) is 5.56 Å². The van der Waals surface area contributed by atoms with Crippen molar-refractivity contribution in [2.24, 2.45) is 0 Å². The van der Waals surface area contributed by atoms with Gasteiger partial charge in [0.2, 0.25) is 0 Å². The van der Waals surface area contributed by atoms with Crippen LogP contribution in [0.15, 0.2) is 103 Å². The molecule has 6 nitrogen and oxygen atoms in total. The minimum Gasteiger partial charge on any atom is -0.392 e. The molecular formula is C36H37Cl3N2O4. The average molecular weight is 668 g/mol. The Morgan fingerprint density at radius 2 is 1.56 bits per heavy atom. The number of nitrogens with zero attached hydrogens (tertiary/aromatic N) is 1. The molecule has 9 heteroatoms. The van der Waals surface area contributed by atoms with Gasteiger partial charge in [0.1, 0.15) is 0 Å². The third-order valence-corrected chi connectivity index (χ3v) is 8.77. The normalized spacial score (nSPS) is 19.3. The molecule has 4 aromatic carbocycles. The second-order valence-corrected chi connectivity index (χ2v) is 13.6. The summed E-state index contributed by atoms with van der Waals surface area (Å²) in [6.07, 6.45) is -0.126. The summed E-state index contributed by atoms with van der Waals surface area (Å²) in [6, 6.07) is 34.4. The largest absolute Gasteiger partial charge is 0.392 e. The first kappa shape index (κ1) is 33.4. The first-order chi connectivity index (χ1) is 21.6. The predicted octanol–water partition coefficient (Wildman–Crippen LogP) is 8.07. The Morgan fingerprint density at radius 3 is 2.22 bits per heavy atom. The summed E-state index contributed by atoms with van der Waals surface area (Å²) in [5, 5.41) is 12.2. The number of rotatable bonds is 10. The van der Waals surface area contributed by atoms with Crippen molar-refractivity contribution in [1.82, 2.24) is 10.2 Å². The molecule has 236 valence electrons. The van der Waals surface area contributed by atoms with Crippen molar-refractivity contribution in [1.29, 1.82) is 0 Å². The molecule has 1 aliphatic rings. The Bertz CT molecular complexity index is 1550. The lowest BCUT2D eigenvalue weighted by atomic mass is 9.97. The molecule has 0 spiro atoms. The Labute approximate surface area is 279 Å². The van der Waals surface area contributed by atoms with Gasteiger partial charge < -0.3 is 19.9 Å². The zero-order valence-electron chi connectivity index (χ0n) is 25.2. The molecule has 1 aliphatic heterocycles. The van der Waals surface area contributed by atoms with Crippen LogP contribution in [0.2, 0.25) is 0 Å². The van der Waals surface area contributed by atoms with E-state index in [9.17, 15) is 9.90 Å². The van der Waals surface area contributed by atoms with Crippen molar-refractivity contribution in [2.75, 3.05) is 13.6 Å². The van der Waals surface area contributed by atoms with Gasteiger partial charge >= 0.3 is 0 Å². The summed E-state index contributed by atoms with van der Waals surface area (Å²) in [6.45, 7) is 3.15. The molecule has 2 N–H and O–H groups in total. The van der Waals surface area contributed by atoms with Gasteiger partial charge in [-0.15, -0.1) is 0 Å². The molecule has 1 heterocycles. The van der Waals surface area contributed by atoms with Gasteiger partial charge in [-0.1, -0.05) is 138 Å². The zero-order chi connectivity index (χ0) is 32.0. The number of aliphatic hydroxyl groups excluding tert-OH is 1. The van der Waals surface area contributed by atoms with Crippen molar-refractivity contribution in [2.45, 2.75) is 54.8 Å². The van der Waals surface area contributed by atoms with Gasteiger partial charge in [-0.3, -0.25) is 9.69 Å². The molecule has 1 fully saturated rings. The number of nitrogens with one attached hydrogen (secondary N) is 1. The van der Waals surface area contributed by atoms with E-state index in [2.05, 4.69) is 48.5 Å². The number of alkyl halides is 3. The van der Waals surface area contributed by atoms with Crippen molar-refractivity contribution in [3.8, 4) is 11.1 Å². The van der Waals surface area contributed by atoms with E-state index in [1.807, 2.05) is 78.9 Å². The molecule has 0 unspecified atom stereocenters. The van der Waals surface area contributed by atoms with Gasteiger partial charge in [-0.05, 0) is 47.4 Å². The number of hydrogen-bond acceptors (Lipinski definition) is 5. The highest BCUT2D eigenvalue weighted by atomic mass is 35.6. The molecule has 0 bridgehead atoms. The van der Waals surface area contributed by atoms with Crippen molar-refractivity contribution >= 4 is 40.7 Å². The maximum Gasteiger partial charge on any atom is 0.272 e. The monoisotopic (exact) mass is 666 g/mol. The Balaban J connectivity index is 1.35. The number of hydrogen-bond donors (Lipinski definition) is 2. The number of amides is 1. The van der Waals surface area contributed by atoms with Gasteiger partial charge in [0, 0.05) is 31.1 Å². The summed E-state index contributed by atoms with van der Waals surface area (Å²) in [7, 11) is 2.12. The number of ether oxygens (including phenoxy) is 2. The third kappa shape index (κ3) is 8.66. The summed E-state index contributed by atoms with van der Waals surface area (Å²) in [4.78, 5) is 14.4. The molecule has 0 radical (unpaired) electrons. The Morgan fingerprint density at radius 1 is 0.911 bits per heavy atom. The van der Waals surface area contributed by atoms with Gasteiger partial charge in [-0.2, -0.15) is 0 Å². The number of likely N-dealkylation sites (N-methyl/N-ethyl adjacent to an activating group) is 1. The van der Waals surface area contributed by atoms with E-state index in [0.29, 0.717) is 6.42 Å². The van der Waals surface area contributed by atoms with Crippen molar-refractivity contribution < 1.29 is 19.4 Å². The Kier molecular flexibility index (Phi) is 11.2. The standard InChI is InChI=1S/C36H37Cl3N2O4/c1-24(26-8-4-3-5-9-26)41(2)22-31-20-33(28-14-12-25(23-42)13-15-28)45-34(44-31)29-18-16-27(17-19-29)32-11-7-6-10-30(32)21-40-35(43)36(37,38)39/h3-19,24,31,33-34,42H,20-23H2,1-2H3,(H,40,43)/t24-,31-,33+,34+/m0/s1. The second kappa shape index (κ2) is 15.1. The van der Waals surface area contributed by atoms with E-state index in [0.717, 1.165) is 39.9 Å². The van der Waals surface area contributed by atoms with Gasteiger partial charge in [0.15, 0.2) is 6.29 Å². The molecule has 4 aromatic rings. The highest BCUT2D eigenvalue weighted by Crippen LogP contribution is 2.39. The predicted molar refractivity (Wildman–Crippen MR) is 180 cm³/mol. The van der Waals surface area contributed by atoms with E-state index >= 15 is 0 Å². The molecule has 1 amide bonds. The fraction of sp³-hybridized carbons (Fsp3) is 0.306. The molecular weight excluding hydrogens is 631 g/mol. The van der Waals surface area contributed by atoms with E-state index in [1.54, 1.807) is 0 Å². The van der Waals surface area contributed by atoms with E-state index < -0.39 is 16.0 Å². The van der Waals surface area contributed by atoms with Gasteiger partial charge in [0.25, 0.3) is 9.70 Å². The average Bonchev–Trinajstić information content (AvgIpc) is 3.07. The molecule has 0 saturated carbocycles. The van der Waals surface area contributed by atoms with Crippen molar-refractivity contribution in [3.05, 3.63) is 131 Å². The number of carbonyl (C=O) groups excluding carboxylic acids is 1. The lowest BCUT2D eigenvalue weighted by Crippen LogP contribution is -2.38. The highest BCUT2D eigenvalue weighted by molar-refractivity contribution is 6.76. The van der Waals surface area contributed by atoms with Crippen LogP contribution in [0.4, 0.5) is 0 Å². The number of halogens is 3. The molecule has 0 aliphatic carbocycles. The summed E-state index contributed by atoms with van der Waals surface area (Å²) in [5.41, 5.74) is 6.88. The van der Waals surface area contributed by atoms with Crippen LogP contribution in [-0.2, 0) is 27.4 Å². The minimum atomic E-state index is -2.03. The molecule has 45 heavy (non-hydrogen) atoms. The van der Waals surface area contributed by atoms with Crippen LogP contribution in [-0.4, -0.2) is 39.4 Å². The first-order valence-corrected chi connectivity index (χ1v) is 16.0. The number of benzene rings is 4. The molecule has 1 saturated heterocycles. The lowest BCUT2D eigenvalue weighted by molar-refractivity contribution is -0.253. The first-order valence-electron chi connectivity index (χ1n) is 14.9. The number of aliphatic hydroxyl groups is 1. The second-order valence-electron chi connectivity index (χ2n) is 11.3. The number of carbonyl (C=O) groups is 1. The quantitative estimate of drug-likeness (QED) is 0.168.